The number of pyridine rings is 1. The number of aromatic nitrogens is 1. The van der Waals surface area contributed by atoms with Gasteiger partial charge in [0.25, 0.3) is 0 Å². The molecule has 0 fully saturated rings. The average molecular weight is 290 g/mol. The summed E-state index contributed by atoms with van der Waals surface area (Å²) in [6.07, 6.45) is 3.31. The Kier molecular flexibility index (Phi) is 3.38. The van der Waals surface area contributed by atoms with Gasteiger partial charge in [0, 0.05) is 28.0 Å². The van der Waals surface area contributed by atoms with Crippen LogP contribution in [0.25, 0.3) is 0 Å². The molecular formula is C14H12BrNO. The summed E-state index contributed by atoms with van der Waals surface area (Å²) in [6.45, 7) is 3.89. The van der Waals surface area contributed by atoms with Gasteiger partial charge in [0.15, 0.2) is 5.78 Å². The van der Waals surface area contributed by atoms with Gasteiger partial charge in [-0.2, -0.15) is 0 Å². The van der Waals surface area contributed by atoms with E-state index in [1.807, 2.05) is 38.1 Å². The maximum absolute atomic E-state index is 12.3. The van der Waals surface area contributed by atoms with Crippen molar-refractivity contribution in [3.05, 3.63) is 63.4 Å². The monoisotopic (exact) mass is 289 g/mol. The molecular weight excluding hydrogens is 278 g/mol. The second-order valence-corrected chi connectivity index (χ2v) is 4.84. The van der Waals surface area contributed by atoms with E-state index >= 15 is 0 Å². The summed E-state index contributed by atoms with van der Waals surface area (Å²) >= 11 is 3.43. The van der Waals surface area contributed by atoms with Crippen LogP contribution in [-0.4, -0.2) is 10.8 Å². The molecule has 1 heterocycles. The Morgan fingerprint density at radius 2 is 1.94 bits per heavy atom. The number of hydrogen-bond acceptors (Lipinski definition) is 2. The lowest BCUT2D eigenvalue weighted by Gasteiger charge is -2.05. The number of hydrogen-bond donors (Lipinski definition) is 0. The molecule has 1 aromatic carbocycles. The molecule has 2 rings (SSSR count). The Morgan fingerprint density at radius 1 is 1.18 bits per heavy atom. The maximum Gasteiger partial charge on any atom is 0.194 e. The Morgan fingerprint density at radius 3 is 2.59 bits per heavy atom. The van der Waals surface area contributed by atoms with Crippen LogP contribution >= 0.6 is 15.9 Å². The molecule has 0 saturated carbocycles. The molecule has 0 N–H and O–H groups in total. The van der Waals surface area contributed by atoms with E-state index < -0.39 is 0 Å². The van der Waals surface area contributed by atoms with Crippen LogP contribution in [0.3, 0.4) is 0 Å². The predicted molar refractivity (Wildman–Crippen MR) is 71.3 cm³/mol. The minimum absolute atomic E-state index is 0.0196. The van der Waals surface area contributed by atoms with Gasteiger partial charge in [-0.05, 0) is 49.2 Å². The summed E-state index contributed by atoms with van der Waals surface area (Å²) in [5, 5.41) is 0. The Balaban J connectivity index is 2.44. The first-order valence-electron chi connectivity index (χ1n) is 5.31. The van der Waals surface area contributed by atoms with Gasteiger partial charge in [-0.3, -0.25) is 9.78 Å². The van der Waals surface area contributed by atoms with Crippen molar-refractivity contribution in [2.24, 2.45) is 0 Å². The van der Waals surface area contributed by atoms with Crippen LogP contribution in [0.5, 0.6) is 0 Å². The first-order valence-corrected chi connectivity index (χ1v) is 6.10. The van der Waals surface area contributed by atoms with E-state index in [9.17, 15) is 4.79 Å². The number of aryl methyl sites for hydroxylation is 2. The van der Waals surface area contributed by atoms with Crippen molar-refractivity contribution in [3.8, 4) is 0 Å². The van der Waals surface area contributed by atoms with Gasteiger partial charge in [-0.1, -0.05) is 15.9 Å². The number of rotatable bonds is 2. The highest BCUT2D eigenvalue weighted by molar-refractivity contribution is 9.10. The van der Waals surface area contributed by atoms with E-state index in [1.54, 1.807) is 12.4 Å². The zero-order chi connectivity index (χ0) is 12.4. The highest BCUT2D eigenvalue weighted by atomic mass is 79.9. The molecule has 0 aliphatic rings. The van der Waals surface area contributed by atoms with E-state index in [0.717, 1.165) is 15.6 Å². The molecule has 0 saturated heterocycles. The minimum atomic E-state index is 0.0196. The number of carbonyl (C=O) groups is 1. The van der Waals surface area contributed by atoms with E-state index in [-0.39, 0.29) is 5.78 Å². The molecule has 3 heteroatoms. The lowest BCUT2D eigenvalue weighted by molar-refractivity contribution is 0.103. The van der Waals surface area contributed by atoms with Crippen molar-refractivity contribution >= 4 is 21.7 Å². The lowest BCUT2D eigenvalue weighted by atomic mass is 10.00. The van der Waals surface area contributed by atoms with Crippen LogP contribution in [0.4, 0.5) is 0 Å². The average Bonchev–Trinajstić information content (AvgIpc) is 2.32. The topological polar surface area (TPSA) is 30.0 Å². The molecule has 2 aromatic rings. The summed E-state index contributed by atoms with van der Waals surface area (Å²) in [5.74, 6) is 0.0196. The van der Waals surface area contributed by atoms with Gasteiger partial charge in [-0.15, -0.1) is 0 Å². The van der Waals surface area contributed by atoms with Gasteiger partial charge in [0.2, 0.25) is 0 Å². The highest BCUT2D eigenvalue weighted by Crippen LogP contribution is 2.20. The predicted octanol–water partition coefficient (Wildman–Crippen LogP) is 3.69. The Bertz CT molecular complexity index is 578. The van der Waals surface area contributed by atoms with Crippen molar-refractivity contribution in [2.45, 2.75) is 13.8 Å². The summed E-state index contributed by atoms with van der Waals surface area (Å²) in [4.78, 5) is 16.3. The molecule has 0 atom stereocenters. The molecule has 1 aromatic heterocycles. The fourth-order valence-corrected chi connectivity index (χ4v) is 1.89. The van der Waals surface area contributed by atoms with Crippen LogP contribution in [0.2, 0.25) is 0 Å². The van der Waals surface area contributed by atoms with Crippen LogP contribution in [0.1, 0.15) is 27.0 Å². The van der Waals surface area contributed by atoms with Crippen molar-refractivity contribution < 1.29 is 4.79 Å². The van der Waals surface area contributed by atoms with E-state index in [1.165, 1.54) is 0 Å². The van der Waals surface area contributed by atoms with Crippen molar-refractivity contribution in [2.75, 3.05) is 0 Å². The fourth-order valence-electron chi connectivity index (χ4n) is 1.64. The third-order valence-corrected chi connectivity index (χ3v) is 3.59. The third kappa shape index (κ3) is 2.44. The smallest absolute Gasteiger partial charge is 0.194 e. The van der Waals surface area contributed by atoms with Gasteiger partial charge in [0.1, 0.15) is 0 Å². The number of benzene rings is 1. The summed E-state index contributed by atoms with van der Waals surface area (Å²) in [7, 11) is 0. The van der Waals surface area contributed by atoms with Gasteiger partial charge in [-0.25, -0.2) is 0 Å². The standard InChI is InChI=1S/C14H12BrNO/c1-9-5-6-16-8-12(9)14(17)11-3-4-13(15)10(2)7-11/h3-8H,1-2H3. The molecule has 86 valence electrons. The van der Waals surface area contributed by atoms with Gasteiger partial charge in [0.05, 0.1) is 0 Å². The summed E-state index contributed by atoms with van der Waals surface area (Å²) in [5.41, 5.74) is 3.36. The highest BCUT2D eigenvalue weighted by Gasteiger charge is 2.12. The Hall–Kier alpha value is -1.48. The largest absolute Gasteiger partial charge is 0.289 e. The Labute approximate surface area is 109 Å². The van der Waals surface area contributed by atoms with Crippen molar-refractivity contribution in [3.63, 3.8) is 0 Å². The number of ketones is 1. The number of nitrogens with zero attached hydrogens (tertiary/aromatic N) is 1. The first-order chi connectivity index (χ1) is 8.09. The minimum Gasteiger partial charge on any atom is -0.289 e. The van der Waals surface area contributed by atoms with Crippen LogP contribution in [-0.2, 0) is 0 Å². The molecule has 0 radical (unpaired) electrons. The van der Waals surface area contributed by atoms with Crippen LogP contribution in [0.15, 0.2) is 41.1 Å². The number of carbonyl (C=O) groups excluding carboxylic acids is 1. The SMILES string of the molecule is Cc1cc(C(=O)c2cnccc2C)ccc1Br. The maximum atomic E-state index is 12.3. The zero-order valence-electron chi connectivity index (χ0n) is 9.70. The molecule has 17 heavy (non-hydrogen) atoms. The first kappa shape index (κ1) is 12.0. The second kappa shape index (κ2) is 4.80. The number of halogens is 1. The molecule has 0 aliphatic carbocycles. The van der Waals surface area contributed by atoms with Crippen molar-refractivity contribution in [1.82, 2.24) is 4.98 Å². The lowest BCUT2D eigenvalue weighted by Crippen LogP contribution is -2.04. The molecule has 0 unspecified atom stereocenters. The van der Waals surface area contributed by atoms with Crippen LogP contribution in [0, 0.1) is 13.8 Å². The van der Waals surface area contributed by atoms with Gasteiger partial charge >= 0.3 is 0 Å². The van der Waals surface area contributed by atoms with Crippen molar-refractivity contribution in [1.29, 1.82) is 0 Å². The van der Waals surface area contributed by atoms with Crippen LogP contribution < -0.4 is 0 Å². The van der Waals surface area contributed by atoms with E-state index in [0.29, 0.717) is 11.1 Å². The second-order valence-electron chi connectivity index (χ2n) is 3.98. The zero-order valence-corrected chi connectivity index (χ0v) is 11.3. The van der Waals surface area contributed by atoms with E-state index in [4.69, 9.17) is 0 Å². The van der Waals surface area contributed by atoms with E-state index in [2.05, 4.69) is 20.9 Å². The third-order valence-electron chi connectivity index (χ3n) is 2.70. The summed E-state index contributed by atoms with van der Waals surface area (Å²) < 4.78 is 1.01. The fraction of sp³-hybridized carbons (Fsp3) is 0.143. The molecule has 0 bridgehead atoms. The summed E-state index contributed by atoms with van der Waals surface area (Å²) in [6, 6.07) is 7.46. The normalized spacial score (nSPS) is 10.3. The molecule has 0 spiro atoms. The molecule has 0 amide bonds. The quantitative estimate of drug-likeness (QED) is 0.789. The van der Waals surface area contributed by atoms with Gasteiger partial charge < -0.3 is 0 Å². The molecule has 2 nitrogen and oxygen atoms in total. The molecule has 0 aliphatic heterocycles.